The summed E-state index contributed by atoms with van der Waals surface area (Å²) in [4.78, 5) is 30.8. The van der Waals surface area contributed by atoms with Crippen molar-refractivity contribution in [1.82, 2.24) is 24.2 Å². The van der Waals surface area contributed by atoms with E-state index in [4.69, 9.17) is 0 Å². The zero-order chi connectivity index (χ0) is 19.9. The number of aryl methyl sites for hydroxylation is 1. The number of halogens is 3. The Hall–Kier alpha value is -2.65. The average Bonchev–Trinajstić information content (AvgIpc) is 3.30. The second-order valence-electron chi connectivity index (χ2n) is 7.21. The molecule has 1 unspecified atom stereocenters. The highest BCUT2D eigenvalue weighted by molar-refractivity contribution is 5.80. The monoisotopic (exact) mass is 395 g/mol. The molecule has 0 aliphatic carbocycles. The van der Waals surface area contributed by atoms with Crippen molar-refractivity contribution in [3.05, 3.63) is 45.9 Å². The van der Waals surface area contributed by atoms with Crippen LogP contribution in [-0.4, -0.2) is 43.2 Å². The van der Waals surface area contributed by atoms with Crippen molar-refractivity contribution in [1.29, 1.82) is 0 Å². The number of carbonyl (C=O) groups excluding carboxylic acids is 1. The summed E-state index contributed by atoms with van der Waals surface area (Å²) in [5, 5.41) is 4.29. The largest absolute Gasteiger partial charge is 0.433 e. The Labute approximate surface area is 158 Å². The average molecular weight is 395 g/mol. The van der Waals surface area contributed by atoms with Crippen LogP contribution in [0.3, 0.4) is 0 Å². The second-order valence-corrected chi connectivity index (χ2v) is 7.21. The van der Waals surface area contributed by atoms with E-state index in [0.29, 0.717) is 31.8 Å². The molecule has 0 radical (unpaired) electrons. The van der Waals surface area contributed by atoms with E-state index in [1.54, 1.807) is 4.90 Å². The molecule has 2 aliphatic heterocycles. The summed E-state index contributed by atoms with van der Waals surface area (Å²) in [6, 6.07) is 1.76. The first-order valence-corrected chi connectivity index (χ1v) is 9.34. The third kappa shape index (κ3) is 3.43. The summed E-state index contributed by atoms with van der Waals surface area (Å²) in [6.45, 7) is 1.30. The fourth-order valence-electron chi connectivity index (χ4n) is 3.92. The first-order chi connectivity index (χ1) is 13.3. The minimum atomic E-state index is -4.55. The van der Waals surface area contributed by atoms with E-state index >= 15 is 0 Å². The lowest BCUT2D eigenvalue weighted by atomic mass is 10.0. The topological polar surface area (TPSA) is 73.0 Å². The lowest BCUT2D eigenvalue weighted by Gasteiger charge is -2.27. The van der Waals surface area contributed by atoms with Crippen LogP contribution >= 0.6 is 0 Å². The van der Waals surface area contributed by atoms with Gasteiger partial charge in [0.05, 0.1) is 6.54 Å². The van der Waals surface area contributed by atoms with Gasteiger partial charge in [-0.3, -0.25) is 14.3 Å². The van der Waals surface area contributed by atoms with Crippen LogP contribution in [0.25, 0.3) is 0 Å². The lowest BCUT2D eigenvalue weighted by molar-refractivity contribution is -0.141. The molecule has 0 aromatic carbocycles. The number of aromatic nitrogens is 4. The van der Waals surface area contributed by atoms with Gasteiger partial charge >= 0.3 is 11.9 Å². The summed E-state index contributed by atoms with van der Waals surface area (Å²) in [5.74, 6) is 0.447. The molecule has 7 nitrogen and oxygen atoms in total. The number of carbonyl (C=O) groups is 1. The first kappa shape index (κ1) is 18.7. The van der Waals surface area contributed by atoms with Crippen LogP contribution in [0.5, 0.6) is 0 Å². The maximum Gasteiger partial charge on any atom is 0.433 e. The van der Waals surface area contributed by atoms with Crippen molar-refractivity contribution in [3.8, 4) is 0 Å². The van der Waals surface area contributed by atoms with Crippen LogP contribution in [0.4, 0.5) is 13.2 Å². The molecule has 1 fully saturated rings. The molecule has 0 bridgehead atoms. The van der Waals surface area contributed by atoms with E-state index in [2.05, 4.69) is 10.1 Å². The normalized spacial score (nSPS) is 19.7. The Morgan fingerprint density at radius 3 is 2.68 bits per heavy atom. The van der Waals surface area contributed by atoms with Crippen LogP contribution in [0.1, 0.15) is 48.8 Å². The van der Waals surface area contributed by atoms with E-state index in [0.717, 1.165) is 36.2 Å². The van der Waals surface area contributed by atoms with Gasteiger partial charge in [-0.1, -0.05) is 0 Å². The van der Waals surface area contributed by atoms with E-state index < -0.39 is 23.6 Å². The minimum absolute atomic E-state index is 0.0663. The molecule has 2 aliphatic rings. The number of hydrogen-bond acceptors (Lipinski definition) is 4. The van der Waals surface area contributed by atoms with Gasteiger partial charge in [0, 0.05) is 25.7 Å². The number of rotatable bonds is 3. The van der Waals surface area contributed by atoms with Crippen molar-refractivity contribution >= 4 is 5.91 Å². The number of likely N-dealkylation sites (tertiary alicyclic amines) is 1. The van der Waals surface area contributed by atoms with Gasteiger partial charge in [0.15, 0.2) is 0 Å². The van der Waals surface area contributed by atoms with Gasteiger partial charge in [0.2, 0.25) is 5.91 Å². The number of hydrogen-bond donors (Lipinski definition) is 0. The highest BCUT2D eigenvalue weighted by Gasteiger charge is 2.35. The van der Waals surface area contributed by atoms with Crippen molar-refractivity contribution in [2.45, 2.75) is 50.9 Å². The van der Waals surface area contributed by atoms with Crippen LogP contribution in [0, 0.1) is 0 Å². The summed E-state index contributed by atoms with van der Waals surface area (Å²) < 4.78 is 41.2. The Balaban J connectivity index is 1.63. The van der Waals surface area contributed by atoms with Crippen LogP contribution in [0.15, 0.2) is 23.1 Å². The molecule has 1 atom stereocenters. The van der Waals surface area contributed by atoms with Crippen molar-refractivity contribution in [2.75, 3.05) is 13.1 Å². The second kappa shape index (κ2) is 7.06. The molecule has 4 rings (SSSR count). The Kier molecular flexibility index (Phi) is 4.72. The van der Waals surface area contributed by atoms with Crippen molar-refractivity contribution in [3.63, 3.8) is 0 Å². The van der Waals surface area contributed by atoms with Gasteiger partial charge in [-0.25, -0.2) is 9.48 Å². The molecular weight excluding hydrogens is 375 g/mol. The number of amides is 1. The molecule has 0 saturated carbocycles. The van der Waals surface area contributed by atoms with Gasteiger partial charge in [0.1, 0.15) is 17.6 Å². The fraction of sp³-hybridized carbons (Fsp3) is 0.556. The molecule has 2 aromatic heterocycles. The molecule has 4 heterocycles. The molecule has 150 valence electrons. The molecule has 1 saturated heterocycles. The van der Waals surface area contributed by atoms with Crippen molar-refractivity contribution in [2.24, 2.45) is 0 Å². The van der Waals surface area contributed by atoms with Gasteiger partial charge in [-0.2, -0.15) is 18.3 Å². The Bertz CT molecular complexity index is 943. The van der Waals surface area contributed by atoms with E-state index in [1.807, 2.05) is 0 Å². The molecule has 0 spiro atoms. The standard InChI is InChI=1S/C18H20F3N5O2/c19-18(20,21)14-10-12(6-7-22-14)11-25-17(28)26-13(4-3-5-15(26)23-25)16(27)24-8-1-2-9-24/h6-7,10,13H,1-5,8-9,11H2. The molecule has 2 aromatic rings. The predicted octanol–water partition coefficient (Wildman–Crippen LogP) is 2.01. The highest BCUT2D eigenvalue weighted by Crippen LogP contribution is 2.28. The molecular formula is C18H20F3N5O2. The van der Waals surface area contributed by atoms with Gasteiger partial charge < -0.3 is 4.90 Å². The summed E-state index contributed by atoms with van der Waals surface area (Å²) in [7, 11) is 0. The lowest BCUT2D eigenvalue weighted by Crippen LogP contribution is -2.41. The van der Waals surface area contributed by atoms with E-state index in [9.17, 15) is 22.8 Å². The molecule has 10 heteroatoms. The number of alkyl halides is 3. The van der Waals surface area contributed by atoms with E-state index in [-0.39, 0.29) is 18.0 Å². The summed E-state index contributed by atoms with van der Waals surface area (Å²) >= 11 is 0. The maximum atomic E-state index is 12.9. The summed E-state index contributed by atoms with van der Waals surface area (Å²) in [5.41, 5.74) is -1.19. The molecule has 1 amide bonds. The minimum Gasteiger partial charge on any atom is -0.341 e. The van der Waals surface area contributed by atoms with Gasteiger partial charge in [-0.05, 0) is 43.4 Å². The van der Waals surface area contributed by atoms with Gasteiger partial charge in [0.25, 0.3) is 0 Å². The molecule has 28 heavy (non-hydrogen) atoms. The SMILES string of the molecule is O=C(C1CCCc2nn(Cc3ccnc(C(F)(F)F)c3)c(=O)n21)N1CCCC1. The van der Waals surface area contributed by atoms with Crippen molar-refractivity contribution < 1.29 is 18.0 Å². The zero-order valence-electron chi connectivity index (χ0n) is 15.2. The van der Waals surface area contributed by atoms with Crippen LogP contribution in [-0.2, 0) is 23.9 Å². The Morgan fingerprint density at radius 1 is 1.21 bits per heavy atom. The quantitative estimate of drug-likeness (QED) is 0.797. The smallest absolute Gasteiger partial charge is 0.341 e. The Morgan fingerprint density at radius 2 is 1.96 bits per heavy atom. The molecule has 0 N–H and O–H groups in total. The third-order valence-corrected chi connectivity index (χ3v) is 5.28. The maximum absolute atomic E-state index is 12.9. The third-order valence-electron chi connectivity index (χ3n) is 5.28. The van der Waals surface area contributed by atoms with Crippen LogP contribution in [0.2, 0.25) is 0 Å². The number of nitrogens with zero attached hydrogens (tertiary/aromatic N) is 5. The fourth-order valence-corrected chi connectivity index (χ4v) is 3.92. The van der Waals surface area contributed by atoms with Gasteiger partial charge in [-0.15, -0.1) is 0 Å². The first-order valence-electron chi connectivity index (χ1n) is 9.34. The summed E-state index contributed by atoms with van der Waals surface area (Å²) in [6.07, 6.45) is 0.318. The van der Waals surface area contributed by atoms with E-state index in [1.165, 1.54) is 10.6 Å². The van der Waals surface area contributed by atoms with Crippen LogP contribution < -0.4 is 5.69 Å². The number of pyridine rings is 1. The highest BCUT2D eigenvalue weighted by atomic mass is 19.4. The predicted molar refractivity (Wildman–Crippen MR) is 92.6 cm³/mol. The zero-order valence-corrected chi connectivity index (χ0v) is 15.2. The number of fused-ring (bicyclic) bond motifs is 1.